The van der Waals surface area contributed by atoms with Gasteiger partial charge in [-0.15, -0.1) is 10.2 Å². The zero-order chi connectivity index (χ0) is 20.4. The molecular weight excluding hydrogens is 397 g/mol. The van der Waals surface area contributed by atoms with E-state index in [1.54, 1.807) is 35.9 Å². The second kappa shape index (κ2) is 7.88. The van der Waals surface area contributed by atoms with Gasteiger partial charge in [0.2, 0.25) is 5.88 Å². The van der Waals surface area contributed by atoms with Crippen LogP contribution in [0.1, 0.15) is 6.42 Å². The maximum atomic E-state index is 13.3. The molecule has 0 saturated carbocycles. The fraction of sp³-hybridized carbons (Fsp3) is 0.316. The molecule has 152 valence electrons. The maximum Gasteiger partial charge on any atom is 0.262 e. The number of sulfonamides is 1. The minimum atomic E-state index is -3.59. The third-order valence-corrected chi connectivity index (χ3v) is 6.51. The summed E-state index contributed by atoms with van der Waals surface area (Å²) in [5, 5.41) is 8.15. The second-order valence-corrected chi connectivity index (χ2v) is 8.86. The average Bonchev–Trinajstić information content (AvgIpc) is 3.37. The Morgan fingerprint density at radius 1 is 1.24 bits per heavy atom. The van der Waals surface area contributed by atoms with E-state index in [-0.39, 0.29) is 16.8 Å². The van der Waals surface area contributed by atoms with E-state index >= 15 is 0 Å². The van der Waals surface area contributed by atoms with Gasteiger partial charge < -0.3 is 9.30 Å². The first kappa shape index (κ1) is 19.5. The number of aromatic nitrogens is 4. The summed E-state index contributed by atoms with van der Waals surface area (Å²) >= 11 is 0. The first-order chi connectivity index (χ1) is 13.9. The summed E-state index contributed by atoms with van der Waals surface area (Å²) in [5.41, 5.74) is 1.18. The van der Waals surface area contributed by atoms with E-state index in [2.05, 4.69) is 15.2 Å². The van der Waals surface area contributed by atoms with Crippen LogP contribution in [0.15, 0.2) is 53.9 Å². The van der Waals surface area contributed by atoms with Crippen molar-refractivity contribution in [2.45, 2.75) is 11.4 Å². The van der Waals surface area contributed by atoms with Crippen LogP contribution in [0, 0.1) is 11.7 Å². The van der Waals surface area contributed by atoms with Crippen LogP contribution in [0.25, 0.3) is 11.3 Å². The molecule has 1 saturated heterocycles. The van der Waals surface area contributed by atoms with E-state index in [1.807, 2.05) is 0 Å². The summed E-state index contributed by atoms with van der Waals surface area (Å²) in [6, 6.07) is 9.51. The van der Waals surface area contributed by atoms with Crippen molar-refractivity contribution < 1.29 is 17.5 Å². The summed E-state index contributed by atoms with van der Waals surface area (Å²) in [6.07, 6.45) is 3.66. The van der Waals surface area contributed by atoms with Gasteiger partial charge in [0, 0.05) is 43.9 Å². The molecule has 4 rings (SSSR count). The number of nitrogens with zero attached hydrogens (tertiary/aromatic N) is 5. The van der Waals surface area contributed by atoms with Crippen LogP contribution in [0.2, 0.25) is 0 Å². The van der Waals surface area contributed by atoms with E-state index in [1.165, 1.54) is 29.0 Å². The number of benzene rings is 1. The second-order valence-electron chi connectivity index (χ2n) is 6.97. The molecule has 3 aromatic rings. The van der Waals surface area contributed by atoms with Gasteiger partial charge >= 0.3 is 0 Å². The van der Waals surface area contributed by atoms with Gasteiger partial charge in [0.05, 0.1) is 18.6 Å². The van der Waals surface area contributed by atoms with Crippen molar-refractivity contribution in [1.29, 1.82) is 0 Å². The smallest absolute Gasteiger partial charge is 0.262 e. The molecule has 1 aliphatic rings. The van der Waals surface area contributed by atoms with Crippen molar-refractivity contribution in [3.63, 3.8) is 0 Å². The van der Waals surface area contributed by atoms with Crippen molar-refractivity contribution in [2.75, 3.05) is 19.7 Å². The predicted molar refractivity (Wildman–Crippen MR) is 103 cm³/mol. The van der Waals surface area contributed by atoms with Crippen molar-refractivity contribution in [3.05, 3.63) is 54.7 Å². The molecule has 2 aromatic heterocycles. The lowest BCUT2D eigenvalue weighted by Crippen LogP contribution is -2.30. The lowest BCUT2D eigenvalue weighted by atomic mass is 10.1. The molecule has 10 heteroatoms. The highest BCUT2D eigenvalue weighted by Gasteiger charge is 2.34. The Morgan fingerprint density at radius 3 is 2.79 bits per heavy atom. The molecule has 0 bridgehead atoms. The number of halogens is 1. The third kappa shape index (κ3) is 4.28. The maximum absolute atomic E-state index is 13.3. The number of imidazole rings is 1. The molecule has 1 fully saturated rings. The Bertz CT molecular complexity index is 1100. The SMILES string of the molecule is Cn1cnc(S(=O)(=O)N2CCC(COc3ccc(-c4cccc(F)c4)nn3)C2)c1. The first-order valence-corrected chi connectivity index (χ1v) is 10.6. The molecule has 1 aliphatic heterocycles. The summed E-state index contributed by atoms with van der Waals surface area (Å²) in [7, 11) is -1.86. The minimum Gasteiger partial charge on any atom is -0.476 e. The number of rotatable bonds is 6. The largest absolute Gasteiger partial charge is 0.476 e. The zero-order valence-electron chi connectivity index (χ0n) is 15.8. The highest BCUT2D eigenvalue weighted by molar-refractivity contribution is 7.89. The van der Waals surface area contributed by atoms with Gasteiger partial charge in [-0.25, -0.2) is 17.8 Å². The number of hydrogen-bond donors (Lipinski definition) is 0. The quantitative estimate of drug-likeness (QED) is 0.610. The Kier molecular flexibility index (Phi) is 5.29. The van der Waals surface area contributed by atoms with Crippen molar-refractivity contribution in [3.8, 4) is 17.1 Å². The van der Waals surface area contributed by atoms with E-state index in [9.17, 15) is 12.8 Å². The highest BCUT2D eigenvalue weighted by Crippen LogP contribution is 2.24. The molecule has 0 amide bonds. The summed E-state index contributed by atoms with van der Waals surface area (Å²) < 4.78 is 47.3. The normalized spacial score (nSPS) is 17.5. The first-order valence-electron chi connectivity index (χ1n) is 9.12. The van der Waals surface area contributed by atoms with Gasteiger partial charge in [0.25, 0.3) is 10.0 Å². The Balaban J connectivity index is 1.34. The summed E-state index contributed by atoms with van der Waals surface area (Å²) in [6.45, 7) is 1.13. The van der Waals surface area contributed by atoms with Crippen LogP contribution < -0.4 is 4.74 Å². The van der Waals surface area contributed by atoms with Gasteiger partial charge in [-0.1, -0.05) is 12.1 Å². The number of hydrogen-bond acceptors (Lipinski definition) is 6. The van der Waals surface area contributed by atoms with Gasteiger partial charge in [-0.05, 0) is 24.6 Å². The average molecular weight is 417 g/mol. The van der Waals surface area contributed by atoms with Gasteiger partial charge in [0.1, 0.15) is 5.82 Å². The minimum absolute atomic E-state index is 0.0539. The lowest BCUT2D eigenvalue weighted by Gasteiger charge is -2.15. The Labute approximate surface area is 168 Å². The molecule has 0 N–H and O–H groups in total. The van der Waals surface area contributed by atoms with Crippen LogP contribution in [0.4, 0.5) is 4.39 Å². The Morgan fingerprint density at radius 2 is 2.10 bits per heavy atom. The Hall–Kier alpha value is -2.85. The molecule has 1 aromatic carbocycles. The summed E-state index contributed by atoms with van der Waals surface area (Å²) in [5.74, 6) is 0.0606. The predicted octanol–water partition coefficient (Wildman–Crippen LogP) is 2.11. The zero-order valence-corrected chi connectivity index (χ0v) is 16.6. The number of ether oxygens (including phenoxy) is 1. The van der Waals surface area contributed by atoms with Gasteiger partial charge in [-0.2, -0.15) is 4.31 Å². The molecule has 0 radical (unpaired) electrons. The fourth-order valence-electron chi connectivity index (χ4n) is 3.21. The van der Waals surface area contributed by atoms with Crippen molar-refractivity contribution >= 4 is 10.0 Å². The van der Waals surface area contributed by atoms with Crippen LogP contribution in [0.3, 0.4) is 0 Å². The lowest BCUT2D eigenvalue weighted by molar-refractivity contribution is 0.244. The molecule has 1 atom stereocenters. The van der Waals surface area contributed by atoms with E-state index < -0.39 is 10.0 Å². The molecule has 8 nitrogen and oxygen atoms in total. The number of aryl methyl sites for hydroxylation is 1. The van der Waals surface area contributed by atoms with Crippen molar-refractivity contribution in [1.82, 2.24) is 24.1 Å². The third-order valence-electron chi connectivity index (χ3n) is 4.76. The van der Waals surface area contributed by atoms with Crippen LogP contribution in [-0.4, -0.2) is 52.2 Å². The topological polar surface area (TPSA) is 90.2 Å². The molecule has 3 heterocycles. The molecule has 0 spiro atoms. The van der Waals surface area contributed by atoms with Gasteiger partial charge in [-0.3, -0.25) is 0 Å². The van der Waals surface area contributed by atoms with E-state index in [4.69, 9.17) is 4.74 Å². The van der Waals surface area contributed by atoms with Crippen LogP contribution in [0.5, 0.6) is 5.88 Å². The molecule has 29 heavy (non-hydrogen) atoms. The van der Waals surface area contributed by atoms with Crippen LogP contribution >= 0.6 is 0 Å². The summed E-state index contributed by atoms with van der Waals surface area (Å²) in [4.78, 5) is 3.95. The molecule has 1 unspecified atom stereocenters. The fourth-order valence-corrected chi connectivity index (χ4v) is 4.70. The molecule has 0 aliphatic carbocycles. The van der Waals surface area contributed by atoms with Gasteiger partial charge in [0.15, 0.2) is 5.03 Å². The monoisotopic (exact) mass is 417 g/mol. The standard InChI is InChI=1S/C19H20FN5O3S/c1-24-11-19(21-13-24)29(26,27)25-8-7-14(10-25)12-28-18-6-5-17(22-23-18)15-3-2-4-16(20)9-15/h2-6,9,11,13-14H,7-8,10,12H2,1H3. The van der Waals surface area contributed by atoms with E-state index in [0.717, 1.165) is 0 Å². The van der Waals surface area contributed by atoms with Crippen molar-refractivity contribution in [2.24, 2.45) is 13.0 Å². The highest BCUT2D eigenvalue weighted by atomic mass is 32.2. The van der Waals surface area contributed by atoms with Crippen LogP contribution in [-0.2, 0) is 17.1 Å². The molecular formula is C19H20FN5O3S. The van der Waals surface area contributed by atoms with E-state index in [0.29, 0.717) is 43.3 Å².